The number of hydrogen-bond donors (Lipinski definition) is 2. The topological polar surface area (TPSA) is 101 Å². The number of rotatable bonds is 7. The summed E-state index contributed by atoms with van der Waals surface area (Å²) in [5.41, 5.74) is 0.583. The highest BCUT2D eigenvalue weighted by Crippen LogP contribution is 2.21. The molecule has 2 aliphatic rings. The zero-order chi connectivity index (χ0) is 22.2. The SMILES string of the molecule is O=C(Nc1cccc(Cl)c1)Nc1cc(OCCN2CCOCC2)nc(N2CCOCC2)n1. The van der Waals surface area contributed by atoms with Crippen molar-refractivity contribution in [3.05, 3.63) is 35.4 Å². The molecule has 11 heteroatoms. The highest BCUT2D eigenvalue weighted by molar-refractivity contribution is 6.30. The van der Waals surface area contributed by atoms with Crippen LogP contribution in [0.1, 0.15) is 0 Å². The van der Waals surface area contributed by atoms with Gasteiger partial charge in [0.2, 0.25) is 11.8 Å². The first kappa shape index (κ1) is 22.5. The Hall–Kier alpha value is -2.66. The van der Waals surface area contributed by atoms with Gasteiger partial charge in [0, 0.05) is 49.5 Å². The van der Waals surface area contributed by atoms with Crippen molar-refractivity contribution >= 4 is 35.1 Å². The quantitative estimate of drug-likeness (QED) is 0.646. The lowest BCUT2D eigenvalue weighted by Gasteiger charge is -2.28. The number of urea groups is 1. The molecule has 2 aromatic rings. The minimum absolute atomic E-state index is 0.349. The number of nitrogens with one attached hydrogen (secondary N) is 2. The van der Waals surface area contributed by atoms with Gasteiger partial charge in [0.15, 0.2) is 0 Å². The first-order valence-corrected chi connectivity index (χ1v) is 11.0. The lowest BCUT2D eigenvalue weighted by molar-refractivity contribution is 0.0320. The Kier molecular flexibility index (Phi) is 7.94. The van der Waals surface area contributed by atoms with Gasteiger partial charge in [0.05, 0.1) is 26.4 Å². The van der Waals surface area contributed by atoms with Gasteiger partial charge in [-0.25, -0.2) is 4.79 Å². The molecular weight excluding hydrogens is 436 g/mol. The third kappa shape index (κ3) is 6.67. The largest absolute Gasteiger partial charge is 0.476 e. The molecule has 0 spiro atoms. The fraction of sp³-hybridized carbons (Fsp3) is 0.476. The van der Waals surface area contributed by atoms with Gasteiger partial charge >= 0.3 is 6.03 Å². The van der Waals surface area contributed by atoms with Crippen LogP contribution in [0.3, 0.4) is 0 Å². The number of ether oxygens (including phenoxy) is 3. The monoisotopic (exact) mass is 462 g/mol. The zero-order valence-electron chi connectivity index (χ0n) is 17.8. The molecule has 2 aliphatic heterocycles. The van der Waals surface area contributed by atoms with Crippen molar-refractivity contribution in [2.75, 3.05) is 81.3 Å². The molecule has 0 radical (unpaired) electrons. The van der Waals surface area contributed by atoms with E-state index in [1.54, 1.807) is 30.3 Å². The van der Waals surface area contributed by atoms with Gasteiger partial charge < -0.3 is 24.4 Å². The van der Waals surface area contributed by atoms with Crippen molar-refractivity contribution in [1.82, 2.24) is 14.9 Å². The number of nitrogens with zero attached hydrogens (tertiary/aromatic N) is 4. The van der Waals surface area contributed by atoms with E-state index in [-0.39, 0.29) is 0 Å². The number of morpholine rings is 2. The number of carbonyl (C=O) groups is 1. The van der Waals surface area contributed by atoms with Crippen LogP contribution in [-0.4, -0.2) is 86.7 Å². The Morgan fingerprint density at radius 3 is 2.53 bits per heavy atom. The minimum atomic E-state index is -0.432. The molecule has 0 aliphatic carbocycles. The van der Waals surface area contributed by atoms with Gasteiger partial charge in [-0.3, -0.25) is 10.2 Å². The van der Waals surface area contributed by atoms with Gasteiger partial charge in [0.1, 0.15) is 12.4 Å². The van der Waals surface area contributed by atoms with Crippen LogP contribution in [0.5, 0.6) is 5.88 Å². The average molecular weight is 463 g/mol. The maximum absolute atomic E-state index is 12.5. The van der Waals surface area contributed by atoms with E-state index >= 15 is 0 Å². The summed E-state index contributed by atoms with van der Waals surface area (Å²) in [7, 11) is 0. The van der Waals surface area contributed by atoms with Crippen molar-refractivity contribution in [1.29, 1.82) is 0 Å². The molecule has 2 fully saturated rings. The van der Waals surface area contributed by atoms with Crippen molar-refractivity contribution in [2.45, 2.75) is 0 Å². The standard InChI is InChI=1S/C21H27ClN6O4/c22-16-2-1-3-17(14-16)23-21(29)25-18-15-19(32-13-6-27-4-9-30-10-5-27)26-20(24-18)28-7-11-31-12-8-28/h1-3,14-15H,4-13H2,(H2,23,24,25,26,29). The lowest BCUT2D eigenvalue weighted by Crippen LogP contribution is -2.39. The van der Waals surface area contributed by atoms with Crippen LogP contribution in [0, 0.1) is 0 Å². The number of halogens is 1. The third-order valence-corrected chi connectivity index (χ3v) is 5.31. The third-order valence-electron chi connectivity index (χ3n) is 5.07. The van der Waals surface area contributed by atoms with Crippen molar-refractivity contribution in [3.8, 4) is 5.88 Å². The number of benzene rings is 1. The Bertz CT molecular complexity index is 906. The van der Waals surface area contributed by atoms with Crippen LogP contribution in [0.2, 0.25) is 5.02 Å². The molecule has 4 rings (SSSR count). The number of amides is 2. The molecule has 0 saturated carbocycles. The molecule has 10 nitrogen and oxygen atoms in total. The normalized spacial score (nSPS) is 17.1. The molecule has 2 amide bonds. The van der Waals surface area contributed by atoms with Crippen LogP contribution in [0.25, 0.3) is 0 Å². The van der Waals surface area contributed by atoms with Crippen LogP contribution in [0.15, 0.2) is 30.3 Å². The number of aromatic nitrogens is 2. The molecule has 0 atom stereocenters. The highest BCUT2D eigenvalue weighted by atomic mass is 35.5. The summed E-state index contributed by atoms with van der Waals surface area (Å²) >= 11 is 5.99. The number of hydrogen-bond acceptors (Lipinski definition) is 8. The van der Waals surface area contributed by atoms with Gasteiger partial charge in [-0.15, -0.1) is 0 Å². The van der Waals surface area contributed by atoms with Gasteiger partial charge in [0.25, 0.3) is 0 Å². The average Bonchev–Trinajstić information content (AvgIpc) is 2.80. The fourth-order valence-electron chi connectivity index (χ4n) is 3.40. The second-order valence-electron chi connectivity index (χ2n) is 7.38. The number of carbonyl (C=O) groups excluding carboxylic acids is 1. The predicted molar refractivity (Wildman–Crippen MR) is 122 cm³/mol. The van der Waals surface area contributed by atoms with E-state index < -0.39 is 6.03 Å². The lowest BCUT2D eigenvalue weighted by atomic mass is 10.3. The number of anilines is 3. The molecule has 32 heavy (non-hydrogen) atoms. The van der Waals surface area contributed by atoms with Gasteiger partial charge in [-0.05, 0) is 18.2 Å². The van der Waals surface area contributed by atoms with Crippen molar-refractivity contribution in [3.63, 3.8) is 0 Å². The molecule has 0 unspecified atom stereocenters. The van der Waals surface area contributed by atoms with Crippen LogP contribution in [0.4, 0.5) is 22.2 Å². The Balaban J connectivity index is 1.43. The highest BCUT2D eigenvalue weighted by Gasteiger charge is 2.18. The summed E-state index contributed by atoms with van der Waals surface area (Å²) in [4.78, 5) is 25.8. The Morgan fingerprint density at radius 1 is 1.03 bits per heavy atom. The van der Waals surface area contributed by atoms with Crippen LogP contribution < -0.4 is 20.3 Å². The molecule has 1 aromatic heterocycles. The van der Waals surface area contributed by atoms with Crippen molar-refractivity contribution < 1.29 is 19.0 Å². The molecular formula is C21H27ClN6O4. The zero-order valence-corrected chi connectivity index (χ0v) is 18.5. The second-order valence-corrected chi connectivity index (χ2v) is 7.82. The van der Waals surface area contributed by atoms with Crippen molar-refractivity contribution in [2.24, 2.45) is 0 Å². The van der Waals surface area contributed by atoms with Crippen LogP contribution in [-0.2, 0) is 9.47 Å². The maximum atomic E-state index is 12.5. The second kappa shape index (κ2) is 11.3. The Morgan fingerprint density at radius 2 is 1.78 bits per heavy atom. The maximum Gasteiger partial charge on any atom is 0.324 e. The van der Waals surface area contributed by atoms with Crippen LogP contribution >= 0.6 is 11.6 Å². The summed E-state index contributed by atoms with van der Waals surface area (Å²) in [5, 5.41) is 6.05. The summed E-state index contributed by atoms with van der Waals surface area (Å²) in [5.74, 6) is 1.26. The first-order chi connectivity index (χ1) is 15.7. The first-order valence-electron chi connectivity index (χ1n) is 10.6. The van der Waals surface area contributed by atoms with E-state index in [0.29, 0.717) is 61.3 Å². The van der Waals surface area contributed by atoms with E-state index in [1.807, 2.05) is 4.90 Å². The smallest absolute Gasteiger partial charge is 0.324 e. The summed E-state index contributed by atoms with van der Waals surface area (Å²) < 4.78 is 16.7. The minimum Gasteiger partial charge on any atom is -0.476 e. The molecule has 2 N–H and O–H groups in total. The fourth-order valence-corrected chi connectivity index (χ4v) is 3.59. The Labute approximate surface area is 191 Å². The summed E-state index contributed by atoms with van der Waals surface area (Å²) in [6.45, 7) is 7.07. The summed E-state index contributed by atoms with van der Waals surface area (Å²) in [6.07, 6.45) is 0. The molecule has 3 heterocycles. The molecule has 2 saturated heterocycles. The van der Waals surface area contributed by atoms with Gasteiger partial charge in [-0.2, -0.15) is 9.97 Å². The molecule has 172 valence electrons. The molecule has 1 aromatic carbocycles. The van der Waals surface area contributed by atoms with E-state index in [4.69, 9.17) is 25.8 Å². The van der Waals surface area contributed by atoms with E-state index in [9.17, 15) is 4.79 Å². The summed E-state index contributed by atoms with van der Waals surface area (Å²) in [6, 6.07) is 8.12. The van der Waals surface area contributed by atoms with E-state index in [1.165, 1.54) is 0 Å². The van der Waals surface area contributed by atoms with Gasteiger partial charge in [-0.1, -0.05) is 17.7 Å². The molecule has 0 bridgehead atoms. The van der Waals surface area contributed by atoms with E-state index in [2.05, 4.69) is 25.5 Å². The van der Waals surface area contributed by atoms with E-state index in [0.717, 1.165) is 32.8 Å². The predicted octanol–water partition coefficient (Wildman–Crippen LogP) is 2.32.